The van der Waals surface area contributed by atoms with E-state index in [1.807, 2.05) is 6.92 Å². The summed E-state index contributed by atoms with van der Waals surface area (Å²) < 4.78 is 15.7. The standard InChI is InChI=1S/C23H30N4O7/c1-6-7-11-24-18-17(33-14-15-9-8-10-16(12-15)19(28)32-5)13-25-20(26-18)27(21(29)30)22(31)34-23(2,3)4/h8-10,12-13H,6-7,11,14H2,1-5H3,(H,29,30)(H,24,25,26). The number of hydrogen-bond donors (Lipinski definition) is 2. The van der Waals surface area contributed by atoms with Crippen LogP contribution in [0.2, 0.25) is 0 Å². The van der Waals surface area contributed by atoms with Crippen molar-refractivity contribution in [1.82, 2.24) is 9.97 Å². The summed E-state index contributed by atoms with van der Waals surface area (Å²) in [6, 6.07) is 6.75. The third-order valence-corrected chi connectivity index (χ3v) is 4.28. The largest absolute Gasteiger partial charge is 0.483 e. The van der Waals surface area contributed by atoms with Crippen LogP contribution in [0, 0.1) is 0 Å². The Balaban J connectivity index is 2.31. The first-order valence-electron chi connectivity index (χ1n) is 10.7. The lowest BCUT2D eigenvalue weighted by atomic mass is 10.1. The van der Waals surface area contributed by atoms with E-state index in [1.165, 1.54) is 13.3 Å². The molecule has 0 bridgehead atoms. The number of carbonyl (C=O) groups excluding carboxylic acids is 2. The van der Waals surface area contributed by atoms with Gasteiger partial charge in [0.15, 0.2) is 11.6 Å². The molecule has 2 N–H and O–H groups in total. The minimum Gasteiger partial charge on any atom is -0.483 e. The Morgan fingerprint density at radius 3 is 2.56 bits per heavy atom. The van der Waals surface area contributed by atoms with Crippen molar-refractivity contribution in [3.63, 3.8) is 0 Å². The highest BCUT2D eigenvalue weighted by molar-refractivity contribution is 6.07. The van der Waals surface area contributed by atoms with Crippen LogP contribution in [-0.2, 0) is 16.1 Å². The van der Waals surface area contributed by atoms with Crippen molar-refractivity contribution >= 4 is 29.9 Å². The Bertz CT molecular complexity index is 1020. The van der Waals surface area contributed by atoms with E-state index in [2.05, 4.69) is 15.3 Å². The van der Waals surface area contributed by atoms with Crippen LogP contribution >= 0.6 is 0 Å². The maximum atomic E-state index is 12.4. The van der Waals surface area contributed by atoms with E-state index in [9.17, 15) is 19.5 Å². The molecular weight excluding hydrogens is 444 g/mol. The van der Waals surface area contributed by atoms with Gasteiger partial charge in [-0.05, 0) is 44.9 Å². The van der Waals surface area contributed by atoms with Gasteiger partial charge >= 0.3 is 18.2 Å². The number of anilines is 2. The van der Waals surface area contributed by atoms with Gasteiger partial charge in [-0.15, -0.1) is 4.90 Å². The second kappa shape index (κ2) is 11.8. The minimum absolute atomic E-state index is 0.0880. The minimum atomic E-state index is -1.58. The summed E-state index contributed by atoms with van der Waals surface area (Å²) in [6.45, 7) is 7.51. The first kappa shape index (κ1) is 26.4. The molecule has 34 heavy (non-hydrogen) atoms. The summed E-state index contributed by atoms with van der Waals surface area (Å²) in [5.74, 6) is -0.372. The van der Waals surface area contributed by atoms with Gasteiger partial charge in [0.05, 0.1) is 18.9 Å². The molecule has 0 atom stereocenters. The van der Waals surface area contributed by atoms with Gasteiger partial charge in [0.1, 0.15) is 12.2 Å². The van der Waals surface area contributed by atoms with Crippen LogP contribution < -0.4 is 15.0 Å². The number of nitrogens with zero attached hydrogens (tertiary/aromatic N) is 3. The highest BCUT2D eigenvalue weighted by Gasteiger charge is 2.31. The number of nitrogens with one attached hydrogen (secondary N) is 1. The zero-order valence-electron chi connectivity index (χ0n) is 20.0. The third-order valence-electron chi connectivity index (χ3n) is 4.28. The van der Waals surface area contributed by atoms with Crippen LogP contribution in [0.3, 0.4) is 0 Å². The molecule has 11 heteroatoms. The fraction of sp³-hybridized carbons (Fsp3) is 0.435. The molecule has 0 spiro atoms. The Morgan fingerprint density at radius 1 is 1.21 bits per heavy atom. The number of imide groups is 1. The second-order valence-corrected chi connectivity index (χ2v) is 8.24. The average molecular weight is 475 g/mol. The lowest BCUT2D eigenvalue weighted by Crippen LogP contribution is -2.41. The number of amides is 2. The number of methoxy groups -OCH3 is 1. The molecule has 0 saturated carbocycles. The fourth-order valence-corrected chi connectivity index (χ4v) is 2.70. The Kier molecular flexibility index (Phi) is 9.17. The maximum Gasteiger partial charge on any atom is 0.427 e. The third kappa shape index (κ3) is 7.61. The molecule has 2 rings (SSSR count). The molecule has 0 aliphatic rings. The molecule has 0 radical (unpaired) electrons. The van der Waals surface area contributed by atoms with Crippen LogP contribution in [0.4, 0.5) is 21.4 Å². The number of ether oxygens (including phenoxy) is 3. The van der Waals surface area contributed by atoms with Crippen molar-refractivity contribution in [3.8, 4) is 5.75 Å². The van der Waals surface area contributed by atoms with E-state index >= 15 is 0 Å². The van der Waals surface area contributed by atoms with Crippen LogP contribution in [0.25, 0.3) is 0 Å². The van der Waals surface area contributed by atoms with Gasteiger partial charge in [-0.1, -0.05) is 25.5 Å². The number of rotatable bonds is 9. The first-order valence-corrected chi connectivity index (χ1v) is 10.7. The van der Waals surface area contributed by atoms with Crippen molar-refractivity contribution in [2.45, 2.75) is 52.7 Å². The van der Waals surface area contributed by atoms with Gasteiger partial charge in [-0.25, -0.2) is 19.4 Å². The normalized spacial score (nSPS) is 10.9. The van der Waals surface area contributed by atoms with Crippen molar-refractivity contribution in [2.75, 3.05) is 23.9 Å². The number of aromatic nitrogens is 2. The number of unbranched alkanes of at least 4 members (excludes halogenated alkanes) is 1. The molecule has 2 amide bonds. The Hall–Kier alpha value is -3.89. The average Bonchev–Trinajstić information content (AvgIpc) is 2.77. The van der Waals surface area contributed by atoms with E-state index in [4.69, 9.17) is 14.2 Å². The van der Waals surface area contributed by atoms with Crippen LogP contribution in [0.15, 0.2) is 30.5 Å². The lowest BCUT2D eigenvalue weighted by molar-refractivity contribution is 0.0574. The topological polar surface area (TPSA) is 140 Å². The van der Waals surface area contributed by atoms with Gasteiger partial charge in [0, 0.05) is 6.54 Å². The molecule has 0 saturated heterocycles. The zero-order valence-corrected chi connectivity index (χ0v) is 20.0. The van der Waals surface area contributed by atoms with Crippen molar-refractivity contribution in [2.24, 2.45) is 0 Å². The molecule has 184 valence electrons. The molecule has 2 aromatic rings. The van der Waals surface area contributed by atoms with Crippen molar-refractivity contribution in [3.05, 3.63) is 41.6 Å². The number of benzene rings is 1. The van der Waals surface area contributed by atoms with Gasteiger partial charge < -0.3 is 24.6 Å². The first-order chi connectivity index (χ1) is 16.1. The van der Waals surface area contributed by atoms with Crippen molar-refractivity contribution < 1.29 is 33.7 Å². The summed E-state index contributed by atoms with van der Waals surface area (Å²) >= 11 is 0. The molecular formula is C23H30N4O7. The van der Waals surface area contributed by atoms with Crippen LogP contribution in [0.5, 0.6) is 5.75 Å². The quantitative estimate of drug-likeness (QED) is 0.395. The highest BCUT2D eigenvalue weighted by Crippen LogP contribution is 2.26. The monoisotopic (exact) mass is 474 g/mol. The molecule has 0 aliphatic heterocycles. The van der Waals surface area contributed by atoms with E-state index in [1.54, 1.807) is 45.0 Å². The van der Waals surface area contributed by atoms with E-state index < -0.39 is 23.8 Å². The summed E-state index contributed by atoms with van der Waals surface area (Å²) in [6.07, 6.45) is 0.325. The Morgan fingerprint density at radius 2 is 1.94 bits per heavy atom. The summed E-state index contributed by atoms with van der Waals surface area (Å²) in [7, 11) is 1.30. The van der Waals surface area contributed by atoms with Crippen LogP contribution in [-0.4, -0.2) is 52.5 Å². The fourth-order valence-electron chi connectivity index (χ4n) is 2.70. The smallest absolute Gasteiger partial charge is 0.427 e. The van der Waals surface area contributed by atoms with E-state index in [0.717, 1.165) is 12.8 Å². The molecule has 0 fully saturated rings. The summed E-state index contributed by atoms with van der Waals surface area (Å²) in [5.41, 5.74) is 0.174. The summed E-state index contributed by atoms with van der Waals surface area (Å²) in [4.78, 5) is 44.5. The lowest BCUT2D eigenvalue weighted by Gasteiger charge is -2.23. The van der Waals surface area contributed by atoms with Gasteiger partial charge in [0.25, 0.3) is 0 Å². The molecule has 0 unspecified atom stereocenters. The SMILES string of the molecule is CCCCNc1nc(N(C(=O)O)C(=O)OC(C)(C)C)ncc1OCc1cccc(C(=O)OC)c1. The molecule has 1 heterocycles. The molecule has 0 aliphatic carbocycles. The molecule has 1 aromatic carbocycles. The number of carboxylic acid groups (broad SMARTS) is 1. The van der Waals surface area contributed by atoms with Crippen molar-refractivity contribution in [1.29, 1.82) is 0 Å². The molecule has 1 aromatic heterocycles. The number of hydrogen-bond acceptors (Lipinski definition) is 9. The maximum absolute atomic E-state index is 12.4. The van der Waals surface area contributed by atoms with E-state index in [-0.39, 0.29) is 24.1 Å². The van der Waals surface area contributed by atoms with Gasteiger partial charge in [-0.2, -0.15) is 4.98 Å². The van der Waals surface area contributed by atoms with Gasteiger partial charge in [-0.3, -0.25) is 0 Å². The number of carbonyl (C=O) groups is 3. The predicted octanol–water partition coefficient (Wildman–Crippen LogP) is 4.47. The summed E-state index contributed by atoms with van der Waals surface area (Å²) in [5, 5.41) is 12.7. The zero-order chi connectivity index (χ0) is 25.3. The highest BCUT2D eigenvalue weighted by atomic mass is 16.6. The predicted molar refractivity (Wildman–Crippen MR) is 124 cm³/mol. The Labute approximate surface area is 198 Å². The second-order valence-electron chi connectivity index (χ2n) is 8.24. The molecule has 11 nitrogen and oxygen atoms in total. The van der Waals surface area contributed by atoms with E-state index in [0.29, 0.717) is 22.6 Å². The number of esters is 1. The van der Waals surface area contributed by atoms with Gasteiger partial charge in [0.2, 0.25) is 5.95 Å². The van der Waals surface area contributed by atoms with Crippen LogP contribution in [0.1, 0.15) is 56.5 Å².